The number of hydrogen-bond donors (Lipinski definition) is 3. The second-order valence-electron chi connectivity index (χ2n) is 6.91. The van der Waals surface area contributed by atoms with Gasteiger partial charge in [-0.2, -0.15) is 0 Å². The van der Waals surface area contributed by atoms with Crippen LogP contribution in [-0.2, 0) is 6.42 Å². The van der Waals surface area contributed by atoms with Crippen molar-refractivity contribution in [3.63, 3.8) is 0 Å². The van der Waals surface area contributed by atoms with Crippen LogP contribution in [-0.4, -0.2) is 16.5 Å². The van der Waals surface area contributed by atoms with Gasteiger partial charge in [0, 0.05) is 28.5 Å². The number of aromatic nitrogens is 2. The minimum atomic E-state index is -0.271. The highest BCUT2D eigenvalue weighted by Gasteiger charge is 2.14. The Bertz CT molecular complexity index is 1170. The fourth-order valence-electron chi connectivity index (χ4n) is 3.65. The largest absolute Gasteiger partial charge is 0.384 e. The summed E-state index contributed by atoms with van der Waals surface area (Å²) in [7, 11) is 0. The van der Waals surface area contributed by atoms with E-state index in [2.05, 4.69) is 21.9 Å². The van der Waals surface area contributed by atoms with E-state index >= 15 is 0 Å². The summed E-state index contributed by atoms with van der Waals surface area (Å²) in [4.78, 5) is 6.34. The molecule has 138 valence electrons. The maximum absolute atomic E-state index is 14.1. The van der Waals surface area contributed by atoms with Crippen LogP contribution in [0.1, 0.15) is 22.5 Å². The lowest BCUT2D eigenvalue weighted by molar-refractivity contribution is 0.629. The van der Waals surface area contributed by atoms with Crippen molar-refractivity contribution < 1.29 is 8.78 Å². The van der Waals surface area contributed by atoms with Gasteiger partial charge in [-0.1, -0.05) is 12.6 Å². The van der Waals surface area contributed by atoms with E-state index in [1.165, 1.54) is 18.2 Å². The van der Waals surface area contributed by atoms with Crippen LogP contribution in [0.5, 0.6) is 0 Å². The molecule has 3 N–H and O–H groups in total. The number of rotatable bonds is 5. The van der Waals surface area contributed by atoms with E-state index in [1.54, 1.807) is 6.07 Å². The third-order valence-corrected chi connectivity index (χ3v) is 5.05. The van der Waals surface area contributed by atoms with Crippen LogP contribution in [0.4, 0.5) is 8.78 Å². The Morgan fingerprint density at radius 1 is 1.07 bits per heavy atom. The van der Waals surface area contributed by atoms with E-state index < -0.39 is 0 Å². The molecule has 3 nitrogen and oxygen atoms in total. The highest BCUT2D eigenvalue weighted by atomic mass is 19.1. The van der Waals surface area contributed by atoms with Gasteiger partial charge in [0.25, 0.3) is 0 Å². The predicted octanol–water partition coefficient (Wildman–Crippen LogP) is 5.35. The van der Waals surface area contributed by atoms with Crippen molar-refractivity contribution in [2.24, 2.45) is 0 Å². The summed E-state index contributed by atoms with van der Waals surface area (Å²) in [6.07, 6.45) is 0.740. The first-order valence-electron chi connectivity index (χ1n) is 8.91. The van der Waals surface area contributed by atoms with E-state index in [9.17, 15) is 8.78 Å². The molecule has 2 aromatic heterocycles. The van der Waals surface area contributed by atoms with Crippen LogP contribution in [0.25, 0.3) is 27.5 Å². The van der Waals surface area contributed by atoms with Gasteiger partial charge in [-0.25, -0.2) is 8.78 Å². The molecule has 27 heavy (non-hydrogen) atoms. The molecular formula is C22H21F2N3. The molecule has 0 bridgehead atoms. The lowest BCUT2D eigenvalue weighted by Gasteiger charge is -2.09. The molecule has 0 atom stereocenters. The maximum atomic E-state index is 14.1. The van der Waals surface area contributed by atoms with Crippen molar-refractivity contribution in [2.45, 2.75) is 20.3 Å². The van der Waals surface area contributed by atoms with E-state index in [4.69, 9.17) is 0 Å². The number of nitrogens with one attached hydrogen (secondary N) is 3. The van der Waals surface area contributed by atoms with Gasteiger partial charge in [-0.15, -0.1) is 0 Å². The van der Waals surface area contributed by atoms with Crippen molar-refractivity contribution >= 4 is 27.5 Å². The summed E-state index contributed by atoms with van der Waals surface area (Å²) >= 11 is 0. The number of benzene rings is 2. The molecule has 0 unspecified atom stereocenters. The van der Waals surface area contributed by atoms with Crippen molar-refractivity contribution in [3.8, 4) is 0 Å². The van der Waals surface area contributed by atoms with Crippen LogP contribution >= 0.6 is 0 Å². The standard InChI is InChI=1S/C22H21F2N3/c1-12-4-7-18(24)22-21(12)17(13(2)26-22)8-9-25-14(3)19-10-15-5-6-16(23)11-20(15)27-19/h4-7,10-11,25-27H,3,8-9H2,1-2H3. The average molecular weight is 365 g/mol. The van der Waals surface area contributed by atoms with Gasteiger partial charge in [0.2, 0.25) is 0 Å². The lowest BCUT2D eigenvalue weighted by Crippen LogP contribution is -2.15. The molecular weight excluding hydrogens is 344 g/mol. The average Bonchev–Trinajstić information content (AvgIpc) is 3.20. The Morgan fingerprint density at radius 3 is 2.70 bits per heavy atom. The Kier molecular flexibility index (Phi) is 4.22. The smallest absolute Gasteiger partial charge is 0.147 e. The van der Waals surface area contributed by atoms with Crippen molar-refractivity contribution in [3.05, 3.63) is 77.1 Å². The molecule has 0 aliphatic heterocycles. The third kappa shape index (κ3) is 3.10. The zero-order valence-electron chi connectivity index (χ0n) is 15.3. The summed E-state index contributed by atoms with van der Waals surface area (Å²) in [6, 6.07) is 9.90. The molecule has 0 saturated heterocycles. The zero-order chi connectivity index (χ0) is 19.1. The third-order valence-electron chi connectivity index (χ3n) is 5.05. The molecule has 0 amide bonds. The Balaban J connectivity index is 1.51. The molecule has 0 fully saturated rings. The Labute approximate surface area is 156 Å². The normalized spacial score (nSPS) is 11.4. The van der Waals surface area contributed by atoms with Gasteiger partial charge in [0.1, 0.15) is 11.6 Å². The second kappa shape index (κ2) is 6.58. The minimum Gasteiger partial charge on any atom is -0.384 e. The molecule has 4 aromatic rings. The van der Waals surface area contributed by atoms with E-state index in [-0.39, 0.29) is 11.6 Å². The summed E-state index contributed by atoms with van der Waals surface area (Å²) < 4.78 is 27.4. The van der Waals surface area contributed by atoms with Crippen LogP contribution in [0.15, 0.2) is 43.0 Å². The highest BCUT2D eigenvalue weighted by Crippen LogP contribution is 2.28. The topological polar surface area (TPSA) is 43.6 Å². The molecule has 2 heterocycles. The number of H-pyrrole nitrogens is 2. The van der Waals surface area contributed by atoms with Crippen LogP contribution in [0.2, 0.25) is 0 Å². The van der Waals surface area contributed by atoms with Crippen molar-refractivity contribution in [1.82, 2.24) is 15.3 Å². The Morgan fingerprint density at radius 2 is 1.89 bits per heavy atom. The van der Waals surface area contributed by atoms with Gasteiger partial charge >= 0.3 is 0 Å². The van der Waals surface area contributed by atoms with E-state index in [0.29, 0.717) is 12.1 Å². The van der Waals surface area contributed by atoms with E-state index in [0.717, 1.165) is 50.9 Å². The fraction of sp³-hybridized carbons (Fsp3) is 0.182. The summed E-state index contributed by atoms with van der Waals surface area (Å²) in [6.45, 7) is 8.70. The number of aryl methyl sites for hydroxylation is 2. The van der Waals surface area contributed by atoms with Crippen molar-refractivity contribution in [2.75, 3.05) is 6.54 Å². The molecule has 4 rings (SSSR count). The van der Waals surface area contributed by atoms with Gasteiger partial charge < -0.3 is 15.3 Å². The fourth-order valence-corrected chi connectivity index (χ4v) is 3.65. The molecule has 5 heteroatoms. The second-order valence-corrected chi connectivity index (χ2v) is 6.91. The summed E-state index contributed by atoms with van der Waals surface area (Å²) in [5, 5.41) is 5.21. The van der Waals surface area contributed by atoms with Gasteiger partial charge in [0.15, 0.2) is 0 Å². The number of hydrogen-bond acceptors (Lipinski definition) is 1. The van der Waals surface area contributed by atoms with Gasteiger partial charge in [-0.05, 0) is 61.7 Å². The summed E-state index contributed by atoms with van der Waals surface area (Å²) in [5.41, 5.74) is 6.03. The van der Waals surface area contributed by atoms with Crippen LogP contribution in [0, 0.1) is 25.5 Å². The maximum Gasteiger partial charge on any atom is 0.147 e. The quantitative estimate of drug-likeness (QED) is 0.439. The van der Waals surface area contributed by atoms with E-state index in [1.807, 2.05) is 26.0 Å². The lowest BCUT2D eigenvalue weighted by atomic mass is 10.0. The minimum absolute atomic E-state index is 0.229. The van der Waals surface area contributed by atoms with Crippen molar-refractivity contribution in [1.29, 1.82) is 0 Å². The first-order chi connectivity index (χ1) is 12.9. The molecule has 0 saturated carbocycles. The first kappa shape index (κ1) is 17.3. The molecule has 0 aliphatic carbocycles. The highest BCUT2D eigenvalue weighted by molar-refractivity contribution is 5.88. The zero-order valence-corrected chi connectivity index (χ0v) is 15.3. The number of fused-ring (bicyclic) bond motifs is 2. The monoisotopic (exact) mass is 365 g/mol. The molecule has 0 radical (unpaired) electrons. The van der Waals surface area contributed by atoms with Gasteiger partial charge in [-0.3, -0.25) is 0 Å². The SMILES string of the molecule is C=C(NCCc1c(C)[nH]c2c(F)ccc(C)c12)c1cc2ccc(F)cc2[nH]1. The Hall–Kier alpha value is -3.08. The molecule has 2 aromatic carbocycles. The molecule has 0 aliphatic rings. The predicted molar refractivity (Wildman–Crippen MR) is 107 cm³/mol. The van der Waals surface area contributed by atoms with Gasteiger partial charge in [0.05, 0.1) is 16.9 Å². The number of aromatic amines is 2. The molecule has 0 spiro atoms. The number of halogens is 2. The van der Waals surface area contributed by atoms with Crippen LogP contribution in [0.3, 0.4) is 0 Å². The first-order valence-corrected chi connectivity index (χ1v) is 8.91. The van der Waals surface area contributed by atoms with Crippen LogP contribution < -0.4 is 5.32 Å². The summed E-state index contributed by atoms with van der Waals surface area (Å²) in [5.74, 6) is -0.500.